The number of halogens is 1. The Morgan fingerprint density at radius 3 is 3.00 bits per heavy atom. The van der Waals surface area contributed by atoms with E-state index in [9.17, 15) is 9.59 Å². The summed E-state index contributed by atoms with van der Waals surface area (Å²) >= 11 is 5.81. The van der Waals surface area contributed by atoms with Gasteiger partial charge < -0.3 is 9.47 Å². The number of Topliss-reactive ketones (excluding diaryl/α,β-unsaturated/α-hetero) is 1. The number of ether oxygens (including phenoxy) is 2. The first-order valence-electron chi connectivity index (χ1n) is 5.64. The van der Waals surface area contributed by atoms with E-state index in [0.29, 0.717) is 16.3 Å². The van der Waals surface area contributed by atoms with Crippen LogP contribution < -0.4 is 10.5 Å². The maximum atomic E-state index is 12.1. The monoisotopic (exact) mass is 281 g/mol. The molecule has 19 heavy (non-hydrogen) atoms. The van der Waals surface area contributed by atoms with Crippen molar-refractivity contribution in [2.45, 2.75) is 12.6 Å². The van der Waals surface area contributed by atoms with Crippen molar-refractivity contribution in [1.82, 2.24) is 0 Å². The van der Waals surface area contributed by atoms with Crippen LogP contribution in [0.15, 0.2) is 30.4 Å². The predicted molar refractivity (Wildman–Crippen MR) is 69.1 cm³/mol. The standard InChI is InChI=1S/C13H12ClNO4/c1-2-18-11(16)5-6-13(15)12(17)9-4-3-8(14)7-10(9)19-13/h3-7H,2,15H2,1H3/b6-5+. The smallest absolute Gasteiger partial charge is 0.330 e. The number of benzene rings is 1. The fraction of sp³-hybridized carbons (Fsp3) is 0.231. The van der Waals surface area contributed by atoms with E-state index in [2.05, 4.69) is 0 Å². The lowest BCUT2D eigenvalue weighted by molar-refractivity contribution is -0.137. The number of carbonyl (C=O) groups is 2. The first-order valence-corrected chi connectivity index (χ1v) is 6.02. The zero-order valence-corrected chi connectivity index (χ0v) is 10.9. The molecule has 0 aromatic heterocycles. The van der Waals surface area contributed by atoms with Gasteiger partial charge in [0.2, 0.25) is 11.5 Å². The second-order valence-electron chi connectivity index (χ2n) is 3.95. The van der Waals surface area contributed by atoms with Gasteiger partial charge in [0.15, 0.2) is 0 Å². The molecule has 0 radical (unpaired) electrons. The van der Waals surface area contributed by atoms with Crippen LogP contribution in [-0.4, -0.2) is 24.1 Å². The number of carbonyl (C=O) groups excluding carboxylic acids is 2. The third-order valence-corrected chi connectivity index (χ3v) is 2.81. The van der Waals surface area contributed by atoms with Gasteiger partial charge >= 0.3 is 5.97 Å². The summed E-state index contributed by atoms with van der Waals surface area (Å²) in [5, 5.41) is 0.435. The number of hydrogen-bond donors (Lipinski definition) is 1. The normalized spacial score (nSPS) is 21.3. The number of fused-ring (bicyclic) bond motifs is 1. The van der Waals surface area contributed by atoms with Gasteiger partial charge in [-0.25, -0.2) is 4.79 Å². The fourth-order valence-corrected chi connectivity index (χ4v) is 1.86. The first kappa shape index (κ1) is 13.6. The molecule has 0 saturated carbocycles. The summed E-state index contributed by atoms with van der Waals surface area (Å²) in [4.78, 5) is 23.3. The van der Waals surface area contributed by atoms with Crippen molar-refractivity contribution >= 4 is 23.4 Å². The summed E-state index contributed by atoms with van der Waals surface area (Å²) in [6.45, 7) is 1.92. The SMILES string of the molecule is CCOC(=O)/C=C/C1(N)Oc2cc(Cl)ccc2C1=O. The number of rotatable bonds is 3. The Kier molecular flexibility index (Phi) is 3.59. The average Bonchev–Trinajstić information content (AvgIpc) is 2.60. The van der Waals surface area contributed by atoms with E-state index in [-0.39, 0.29) is 6.61 Å². The second-order valence-corrected chi connectivity index (χ2v) is 4.39. The lowest BCUT2D eigenvalue weighted by Gasteiger charge is -2.17. The highest BCUT2D eigenvalue weighted by atomic mass is 35.5. The van der Waals surface area contributed by atoms with Crippen molar-refractivity contribution in [3.05, 3.63) is 40.9 Å². The van der Waals surface area contributed by atoms with Gasteiger partial charge in [-0.2, -0.15) is 0 Å². The van der Waals surface area contributed by atoms with E-state index in [1.54, 1.807) is 13.0 Å². The molecule has 100 valence electrons. The van der Waals surface area contributed by atoms with Gasteiger partial charge in [-0.05, 0) is 31.2 Å². The van der Waals surface area contributed by atoms with Gasteiger partial charge in [0, 0.05) is 11.1 Å². The third-order valence-electron chi connectivity index (χ3n) is 2.58. The van der Waals surface area contributed by atoms with Gasteiger partial charge in [-0.15, -0.1) is 0 Å². The van der Waals surface area contributed by atoms with Crippen molar-refractivity contribution in [3.8, 4) is 5.75 Å². The summed E-state index contributed by atoms with van der Waals surface area (Å²) in [6.07, 6.45) is 2.26. The maximum Gasteiger partial charge on any atom is 0.330 e. The van der Waals surface area contributed by atoms with Crippen molar-refractivity contribution < 1.29 is 19.1 Å². The Bertz CT molecular complexity index is 570. The lowest BCUT2D eigenvalue weighted by Crippen LogP contribution is -2.47. The van der Waals surface area contributed by atoms with Crippen LogP contribution in [0.3, 0.4) is 0 Å². The van der Waals surface area contributed by atoms with Crippen LogP contribution in [0.5, 0.6) is 5.75 Å². The molecule has 0 fully saturated rings. The molecule has 6 heteroatoms. The minimum absolute atomic E-state index is 0.241. The Morgan fingerprint density at radius 2 is 2.32 bits per heavy atom. The summed E-state index contributed by atoms with van der Waals surface area (Å²) in [5.74, 6) is -0.717. The highest BCUT2D eigenvalue weighted by molar-refractivity contribution is 6.31. The molecule has 2 rings (SSSR count). The zero-order chi connectivity index (χ0) is 14.0. The number of esters is 1. The van der Waals surface area contributed by atoms with Crippen LogP contribution in [0.2, 0.25) is 5.02 Å². The van der Waals surface area contributed by atoms with Crippen molar-refractivity contribution in [2.24, 2.45) is 5.73 Å². The molecule has 2 N–H and O–H groups in total. The van der Waals surface area contributed by atoms with E-state index in [4.69, 9.17) is 26.8 Å². The van der Waals surface area contributed by atoms with Crippen LogP contribution in [0.1, 0.15) is 17.3 Å². The number of nitrogens with two attached hydrogens (primary N) is 1. The Morgan fingerprint density at radius 1 is 1.58 bits per heavy atom. The molecular formula is C13H12ClNO4. The largest absolute Gasteiger partial charge is 0.463 e. The fourth-order valence-electron chi connectivity index (χ4n) is 1.70. The van der Waals surface area contributed by atoms with Crippen LogP contribution >= 0.6 is 11.6 Å². The van der Waals surface area contributed by atoms with Gasteiger partial charge in [-0.3, -0.25) is 10.5 Å². The van der Waals surface area contributed by atoms with E-state index >= 15 is 0 Å². The Balaban J connectivity index is 2.24. The van der Waals surface area contributed by atoms with E-state index < -0.39 is 17.5 Å². The topological polar surface area (TPSA) is 78.6 Å². The molecule has 0 spiro atoms. The van der Waals surface area contributed by atoms with Gasteiger partial charge in [0.05, 0.1) is 12.2 Å². The van der Waals surface area contributed by atoms with Crippen molar-refractivity contribution in [1.29, 1.82) is 0 Å². The van der Waals surface area contributed by atoms with E-state index in [0.717, 1.165) is 6.08 Å². The molecule has 1 aromatic rings. The molecule has 0 aliphatic carbocycles. The molecule has 0 amide bonds. The quantitative estimate of drug-likeness (QED) is 0.674. The molecule has 5 nitrogen and oxygen atoms in total. The summed E-state index contributed by atoms with van der Waals surface area (Å²) < 4.78 is 10.1. The Labute approximate surface area is 114 Å². The average molecular weight is 282 g/mol. The van der Waals surface area contributed by atoms with Crippen LogP contribution in [0, 0.1) is 0 Å². The number of hydrogen-bond acceptors (Lipinski definition) is 5. The predicted octanol–water partition coefficient (Wildman–Crippen LogP) is 1.69. The summed E-state index contributed by atoms with van der Waals surface area (Å²) in [7, 11) is 0. The summed E-state index contributed by atoms with van der Waals surface area (Å²) in [6, 6.07) is 4.61. The molecule has 1 aliphatic heterocycles. The minimum atomic E-state index is -1.69. The van der Waals surface area contributed by atoms with Crippen LogP contribution in [0.4, 0.5) is 0 Å². The molecule has 1 aliphatic rings. The van der Waals surface area contributed by atoms with Crippen molar-refractivity contribution in [2.75, 3.05) is 6.61 Å². The zero-order valence-electron chi connectivity index (χ0n) is 10.2. The summed E-state index contributed by atoms with van der Waals surface area (Å²) in [5.41, 5.74) is 4.48. The second kappa shape index (κ2) is 5.03. The first-order chi connectivity index (χ1) is 8.96. The van der Waals surface area contributed by atoms with Crippen molar-refractivity contribution in [3.63, 3.8) is 0 Å². The molecule has 1 aromatic carbocycles. The molecule has 0 saturated heterocycles. The maximum absolute atomic E-state index is 12.1. The molecular weight excluding hydrogens is 270 g/mol. The van der Waals surface area contributed by atoms with E-state index in [1.165, 1.54) is 18.2 Å². The molecule has 1 unspecified atom stereocenters. The van der Waals surface area contributed by atoms with Gasteiger partial charge in [0.1, 0.15) is 5.75 Å². The van der Waals surface area contributed by atoms with Crippen LogP contribution in [-0.2, 0) is 9.53 Å². The Hall–Kier alpha value is -1.85. The molecule has 0 bridgehead atoms. The highest BCUT2D eigenvalue weighted by Gasteiger charge is 2.43. The third kappa shape index (κ3) is 2.62. The van der Waals surface area contributed by atoms with E-state index in [1.807, 2.05) is 0 Å². The molecule has 1 heterocycles. The number of ketones is 1. The van der Waals surface area contributed by atoms with Gasteiger partial charge in [0.25, 0.3) is 0 Å². The van der Waals surface area contributed by atoms with Gasteiger partial charge in [-0.1, -0.05) is 11.6 Å². The minimum Gasteiger partial charge on any atom is -0.463 e. The lowest BCUT2D eigenvalue weighted by atomic mass is 10.0. The van der Waals surface area contributed by atoms with Crippen LogP contribution in [0.25, 0.3) is 0 Å². The molecule has 1 atom stereocenters. The highest BCUT2D eigenvalue weighted by Crippen LogP contribution is 2.35.